The van der Waals surface area contributed by atoms with E-state index in [1.165, 1.54) is 0 Å². The maximum Gasteiger partial charge on any atom is 0.391 e. The molecule has 0 atom stereocenters. The summed E-state index contributed by atoms with van der Waals surface area (Å²) in [5.41, 5.74) is 2.83. The number of hydrogen-bond acceptors (Lipinski definition) is 6. The molecular weight excluding hydrogens is 356 g/mol. The van der Waals surface area contributed by atoms with Crippen molar-refractivity contribution in [3.63, 3.8) is 0 Å². The predicted octanol–water partition coefficient (Wildman–Crippen LogP) is 3.52. The first-order valence-electron chi connectivity index (χ1n) is 8.46. The van der Waals surface area contributed by atoms with Gasteiger partial charge in [0.2, 0.25) is 0 Å². The highest BCUT2D eigenvalue weighted by Crippen LogP contribution is 2.38. The van der Waals surface area contributed by atoms with Gasteiger partial charge in [-0.05, 0) is 40.5 Å². The first kappa shape index (κ1) is 20.0. The standard InChI is InChI=1S/C17H24N4O4S/c1-10(2)13-7-8-14(16(12(5)6)15(13)11(3)4)26(24,25)17-18-9-20(19-17)21(22)23/h7-12H,1-6H3. The van der Waals surface area contributed by atoms with Crippen LogP contribution in [0.4, 0.5) is 0 Å². The Labute approximate surface area is 153 Å². The molecule has 0 bridgehead atoms. The van der Waals surface area contributed by atoms with Crippen molar-refractivity contribution in [2.75, 3.05) is 0 Å². The van der Waals surface area contributed by atoms with Crippen LogP contribution in [0, 0.1) is 10.1 Å². The van der Waals surface area contributed by atoms with Gasteiger partial charge in [-0.1, -0.05) is 47.6 Å². The van der Waals surface area contributed by atoms with E-state index in [-0.39, 0.29) is 22.6 Å². The van der Waals surface area contributed by atoms with Crippen molar-refractivity contribution in [2.45, 2.75) is 69.3 Å². The van der Waals surface area contributed by atoms with E-state index in [1.807, 2.05) is 33.8 Å². The third-order valence-electron chi connectivity index (χ3n) is 4.21. The molecule has 0 spiro atoms. The minimum absolute atomic E-state index is 0.0477. The van der Waals surface area contributed by atoms with Crippen LogP contribution in [0.15, 0.2) is 28.5 Å². The summed E-state index contributed by atoms with van der Waals surface area (Å²) < 4.78 is 26.2. The lowest BCUT2D eigenvalue weighted by molar-refractivity contribution is -0.553. The largest absolute Gasteiger partial charge is 0.391 e. The molecule has 2 aromatic rings. The molecule has 0 fully saturated rings. The fraction of sp³-hybridized carbons (Fsp3) is 0.529. The van der Waals surface area contributed by atoms with E-state index in [1.54, 1.807) is 6.07 Å². The van der Waals surface area contributed by atoms with Crippen molar-refractivity contribution in [3.8, 4) is 0 Å². The molecule has 0 aliphatic heterocycles. The summed E-state index contributed by atoms with van der Waals surface area (Å²) in [6.45, 7) is 12.1. The zero-order valence-electron chi connectivity index (χ0n) is 15.8. The molecule has 8 nitrogen and oxygen atoms in total. The van der Waals surface area contributed by atoms with Gasteiger partial charge >= 0.3 is 5.16 Å². The molecule has 0 amide bonds. The quantitative estimate of drug-likeness (QED) is 0.560. The number of hydrogen-bond donors (Lipinski definition) is 0. The molecule has 142 valence electrons. The number of nitrogens with zero attached hydrogens (tertiary/aromatic N) is 4. The second kappa shape index (κ2) is 7.14. The molecule has 0 saturated carbocycles. The van der Waals surface area contributed by atoms with Gasteiger partial charge in [-0.3, -0.25) is 0 Å². The highest BCUT2D eigenvalue weighted by molar-refractivity contribution is 7.91. The minimum Gasteiger partial charge on any atom is -0.339 e. The molecule has 26 heavy (non-hydrogen) atoms. The van der Waals surface area contributed by atoms with Gasteiger partial charge in [-0.25, -0.2) is 8.42 Å². The number of benzene rings is 1. The van der Waals surface area contributed by atoms with E-state index in [4.69, 9.17) is 0 Å². The second-order valence-electron chi connectivity index (χ2n) is 7.13. The lowest BCUT2D eigenvalue weighted by Gasteiger charge is -2.24. The van der Waals surface area contributed by atoms with Crippen LogP contribution in [-0.4, -0.2) is 28.3 Å². The van der Waals surface area contributed by atoms with Crippen molar-refractivity contribution in [3.05, 3.63) is 45.3 Å². The summed E-state index contributed by atoms with van der Waals surface area (Å²) in [5.74, 6) is 0.325. The van der Waals surface area contributed by atoms with Gasteiger partial charge in [0.05, 0.1) is 15.0 Å². The van der Waals surface area contributed by atoms with Gasteiger partial charge in [0.25, 0.3) is 9.84 Å². The molecule has 0 aliphatic carbocycles. The SMILES string of the molecule is CC(C)c1ccc(S(=O)(=O)c2ncn([N+](=O)[O-])n2)c(C(C)C)c1C(C)C. The third kappa shape index (κ3) is 3.48. The number of nitro groups is 1. The Balaban J connectivity index is 2.79. The van der Waals surface area contributed by atoms with Crippen LogP contribution in [0.25, 0.3) is 0 Å². The van der Waals surface area contributed by atoms with E-state index in [2.05, 4.69) is 23.9 Å². The Hall–Kier alpha value is -2.29. The Bertz CT molecular complexity index is 930. The Morgan fingerprint density at radius 1 is 1.00 bits per heavy atom. The van der Waals surface area contributed by atoms with Crippen LogP contribution in [0.2, 0.25) is 0 Å². The van der Waals surface area contributed by atoms with Crippen LogP contribution >= 0.6 is 0 Å². The topological polar surface area (TPSA) is 108 Å². The monoisotopic (exact) mass is 380 g/mol. The molecule has 1 heterocycles. The first-order valence-corrected chi connectivity index (χ1v) is 9.94. The lowest BCUT2D eigenvalue weighted by atomic mass is 9.83. The van der Waals surface area contributed by atoms with Crippen molar-refractivity contribution >= 4 is 9.84 Å². The third-order valence-corrected chi connectivity index (χ3v) is 5.82. The van der Waals surface area contributed by atoms with Gasteiger partial charge in [0.1, 0.15) is 0 Å². The van der Waals surface area contributed by atoms with Crippen LogP contribution in [0.3, 0.4) is 0 Å². The van der Waals surface area contributed by atoms with E-state index < -0.39 is 20.0 Å². The molecule has 9 heteroatoms. The summed E-state index contributed by atoms with van der Waals surface area (Å²) in [6.07, 6.45) is 0.785. The van der Waals surface area contributed by atoms with E-state index in [9.17, 15) is 18.5 Å². The number of sulfone groups is 1. The average Bonchev–Trinajstić information content (AvgIpc) is 3.04. The highest BCUT2D eigenvalue weighted by atomic mass is 32.2. The lowest BCUT2D eigenvalue weighted by Crippen LogP contribution is -2.15. The van der Waals surface area contributed by atoms with Crippen molar-refractivity contribution < 1.29 is 13.5 Å². The molecule has 0 unspecified atom stereocenters. The second-order valence-corrected chi connectivity index (χ2v) is 8.95. The van der Waals surface area contributed by atoms with E-state index in [0.29, 0.717) is 4.79 Å². The molecule has 0 radical (unpaired) electrons. The van der Waals surface area contributed by atoms with Crippen LogP contribution in [-0.2, 0) is 9.84 Å². The summed E-state index contributed by atoms with van der Waals surface area (Å²) >= 11 is 0. The van der Waals surface area contributed by atoms with E-state index in [0.717, 1.165) is 23.0 Å². The summed E-state index contributed by atoms with van der Waals surface area (Å²) in [4.78, 5) is 14.8. The summed E-state index contributed by atoms with van der Waals surface area (Å²) in [6, 6.07) is 3.39. The first-order chi connectivity index (χ1) is 12.0. The zero-order valence-corrected chi connectivity index (χ0v) is 16.6. The van der Waals surface area contributed by atoms with Crippen molar-refractivity contribution in [2.24, 2.45) is 0 Å². The van der Waals surface area contributed by atoms with Gasteiger partial charge in [0.15, 0.2) is 6.33 Å². The summed E-state index contributed by atoms with van der Waals surface area (Å²) in [5, 5.41) is 12.9. The van der Waals surface area contributed by atoms with Crippen LogP contribution in [0.5, 0.6) is 0 Å². The molecule has 0 N–H and O–H groups in total. The fourth-order valence-corrected chi connectivity index (χ4v) is 4.61. The van der Waals surface area contributed by atoms with Crippen LogP contribution < -0.4 is 0 Å². The van der Waals surface area contributed by atoms with Gasteiger partial charge in [-0.2, -0.15) is 4.98 Å². The molecule has 1 aromatic heterocycles. The van der Waals surface area contributed by atoms with Gasteiger partial charge in [-0.15, -0.1) is 0 Å². The minimum atomic E-state index is -4.07. The van der Waals surface area contributed by atoms with E-state index >= 15 is 0 Å². The molecule has 1 aromatic carbocycles. The summed E-state index contributed by atoms with van der Waals surface area (Å²) in [7, 11) is -4.07. The Kier molecular flexibility index (Phi) is 5.50. The smallest absolute Gasteiger partial charge is 0.339 e. The molecule has 0 saturated heterocycles. The molecule has 0 aliphatic rings. The van der Waals surface area contributed by atoms with Gasteiger partial charge < -0.3 is 10.1 Å². The number of rotatable bonds is 6. The van der Waals surface area contributed by atoms with Gasteiger partial charge in [0, 0.05) is 4.79 Å². The number of aromatic nitrogens is 3. The molecule has 2 rings (SSSR count). The van der Waals surface area contributed by atoms with Crippen molar-refractivity contribution in [1.82, 2.24) is 14.9 Å². The van der Waals surface area contributed by atoms with Crippen molar-refractivity contribution in [1.29, 1.82) is 0 Å². The Morgan fingerprint density at radius 2 is 1.58 bits per heavy atom. The molecular formula is C17H24N4O4S. The fourth-order valence-electron chi connectivity index (χ4n) is 3.15. The van der Waals surface area contributed by atoms with Crippen LogP contribution in [0.1, 0.15) is 76.0 Å². The maximum absolute atomic E-state index is 13.1. The predicted molar refractivity (Wildman–Crippen MR) is 96.6 cm³/mol. The maximum atomic E-state index is 13.1. The average molecular weight is 380 g/mol. The normalized spacial score (nSPS) is 12.3. The highest BCUT2D eigenvalue weighted by Gasteiger charge is 2.34. The Morgan fingerprint density at radius 3 is 2.00 bits per heavy atom. The zero-order chi connectivity index (χ0) is 19.8.